The molecule has 2 nitrogen and oxygen atoms in total. The maximum Gasteiger partial charge on any atom is 0.416 e. The highest BCUT2D eigenvalue weighted by molar-refractivity contribution is 6.34. The monoisotopic (exact) mass is 307 g/mol. The molecule has 2 aromatic rings. The normalized spacial score (nSPS) is 15.8. The molecule has 22 heavy (non-hydrogen) atoms. The molecule has 0 fully saturated rings. The van der Waals surface area contributed by atoms with Crippen LogP contribution in [0.5, 0.6) is 0 Å². The summed E-state index contributed by atoms with van der Waals surface area (Å²) in [7, 11) is 0. The summed E-state index contributed by atoms with van der Waals surface area (Å²) >= 11 is 0. The molecule has 0 saturated carbocycles. The van der Waals surface area contributed by atoms with Gasteiger partial charge < -0.3 is 5.32 Å². The molecule has 1 amide bonds. The lowest BCUT2D eigenvalue weighted by Gasteiger charge is -2.10. The number of anilines is 1. The molecule has 0 bridgehead atoms. The third kappa shape index (κ3) is 2.47. The van der Waals surface area contributed by atoms with E-state index in [2.05, 4.69) is 5.32 Å². The van der Waals surface area contributed by atoms with Gasteiger partial charge in [-0.3, -0.25) is 4.79 Å². The average Bonchev–Trinajstić information content (AvgIpc) is 2.74. The predicted octanol–water partition coefficient (Wildman–Crippen LogP) is 4.34. The van der Waals surface area contributed by atoms with Crippen molar-refractivity contribution in [1.82, 2.24) is 0 Å². The van der Waals surface area contributed by atoms with Gasteiger partial charge in [0.25, 0.3) is 5.91 Å². The second kappa shape index (κ2) is 4.98. The fourth-order valence-electron chi connectivity index (χ4n) is 2.35. The van der Waals surface area contributed by atoms with Gasteiger partial charge in [0.15, 0.2) is 0 Å². The van der Waals surface area contributed by atoms with Gasteiger partial charge in [-0.25, -0.2) is 4.39 Å². The van der Waals surface area contributed by atoms with Crippen LogP contribution in [-0.2, 0) is 11.0 Å². The number of fused-ring (bicyclic) bond motifs is 1. The van der Waals surface area contributed by atoms with E-state index in [0.29, 0.717) is 5.56 Å². The lowest BCUT2D eigenvalue weighted by Crippen LogP contribution is -2.08. The molecule has 0 radical (unpaired) electrons. The van der Waals surface area contributed by atoms with Crippen molar-refractivity contribution in [1.29, 1.82) is 0 Å². The Balaban J connectivity index is 2.14. The summed E-state index contributed by atoms with van der Waals surface area (Å²) in [6, 6.07) is 8.62. The maximum absolute atomic E-state index is 13.1. The van der Waals surface area contributed by atoms with Gasteiger partial charge in [-0.15, -0.1) is 0 Å². The fraction of sp³-hybridized carbons (Fsp3) is 0.0625. The van der Waals surface area contributed by atoms with Crippen LogP contribution in [0.25, 0.3) is 11.6 Å². The second-order valence-corrected chi connectivity index (χ2v) is 4.79. The zero-order valence-electron chi connectivity index (χ0n) is 11.0. The van der Waals surface area contributed by atoms with Crippen molar-refractivity contribution in [3.8, 4) is 0 Å². The number of hydrogen-bond donors (Lipinski definition) is 1. The van der Waals surface area contributed by atoms with Gasteiger partial charge in [0.1, 0.15) is 5.82 Å². The Morgan fingerprint density at radius 3 is 2.50 bits per heavy atom. The zero-order valence-corrected chi connectivity index (χ0v) is 11.0. The van der Waals surface area contributed by atoms with Gasteiger partial charge >= 0.3 is 6.18 Å². The lowest BCUT2D eigenvalue weighted by molar-refractivity contribution is -0.137. The molecule has 1 aliphatic rings. The Bertz CT molecular complexity index is 793. The quantitative estimate of drug-likeness (QED) is 0.616. The summed E-state index contributed by atoms with van der Waals surface area (Å²) in [4.78, 5) is 11.9. The van der Waals surface area contributed by atoms with E-state index in [1.54, 1.807) is 0 Å². The first-order chi connectivity index (χ1) is 10.4. The first kappa shape index (κ1) is 14.3. The standard InChI is InChI=1S/C16H9F4NO/c17-10-5-6-11-12(15(22)21-14(11)8-10)7-9-3-1-2-4-13(9)16(18,19)20/h1-8H,(H,21,22)/b12-7+. The number of benzene rings is 2. The van der Waals surface area contributed by atoms with E-state index in [4.69, 9.17) is 0 Å². The van der Waals surface area contributed by atoms with E-state index in [1.807, 2.05) is 0 Å². The minimum atomic E-state index is -4.52. The van der Waals surface area contributed by atoms with E-state index in [0.717, 1.165) is 18.2 Å². The summed E-state index contributed by atoms with van der Waals surface area (Å²) in [6.07, 6.45) is -3.35. The van der Waals surface area contributed by atoms with E-state index in [-0.39, 0.29) is 16.8 Å². The third-order valence-electron chi connectivity index (χ3n) is 3.33. The van der Waals surface area contributed by atoms with Crippen LogP contribution in [-0.4, -0.2) is 5.91 Å². The highest BCUT2D eigenvalue weighted by atomic mass is 19.4. The molecule has 0 saturated heterocycles. The van der Waals surface area contributed by atoms with Crippen LogP contribution in [0, 0.1) is 5.82 Å². The highest BCUT2D eigenvalue weighted by Crippen LogP contribution is 2.37. The molecule has 0 spiro atoms. The number of halogens is 4. The Labute approximate surface area is 123 Å². The minimum absolute atomic E-state index is 0.0756. The number of rotatable bonds is 1. The third-order valence-corrected chi connectivity index (χ3v) is 3.33. The molecule has 112 valence electrons. The number of hydrogen-bond acceptors (Lipinski definition) is 1. The van der Waals surface area contributed by atoms with Gasteiger partial charge in [0.2, 0.25) is 0 Å². The Kier molecular flexibility index (Phi) is 3.24. The van der Waals surface area contributed by atoms with Crippen LogP contribution in [0.15, 0.2) is 42.5 Å². The molecule has 1 aliphatic heterocycles. The smallest absolute Gasteiger partial charge is 0.321 e. The second-order valence-electron chi connectivity index (χ2n) is 4.79. The molecule has 1 N–H and O–H groups in total. The predicted molar refractivity (Wildman–Crippen MR) is 74.3 cm³/mol. The topological polar surface area (TPSA) is 29.1 Å². The van der Waals surface area contributed by atoms with Crippen molar-refractivity contribution in [2.24, 2.45) is 0 Å². The summed E-state index contributed by atoms with van der Waals surface area (Å²) in [5.74, 6) is -1.09. The minimum Gasteiger partial charge on any atom is -0.321 e. The lowest BCUT2D eigenvalue weighted by atomic mass is 10.0. The molecule has 0 unspecified atom stereocenters. The van der Waals surface area contributed by atoms with Crippen molar-refractivity contribution in [2.75, 3.05) is 5.32 Å². The van der Waals surface area contributed by atoms with Gasteiger partial charge in [-0.1, -0.05) is 18.2 Å². The Hall–Kier alpha value is -2.63. The van der Waals surface area contributed by atoms with Gasteiger partial charge in [0.05, 0.1) is 11.3 Å². The first-order valence-corrected chi connectivity index (χ1v) is 6.35. The van der Waals surface area contributed by atoms with Crippen molar-refractivity contribution < 1.29 is 22.4 Å². The molecule has 0 atom stereocenters. The number of nitrogens with one attached hydrogen (secondary N) is 1. The zero-order chi connectivity index (χ0) is 15.9. The first-order valence-electron chi connectivity index (χ1n) is 6.35. The van der Waals surface area contributed by atoms with E-state index in [1.165, 1.54) is 30.3 Å². The van der Waals surface area contributed by atoms with E-state index in [9.17, 15) is 22.4 Å². The van der Waals surface area contributed by atoms with Crippen molar-refractivity contribution in [2.45, 2.75) is 6.18 Å². The summed E-state index contributed by atoms with van der Waals surface area (Å²) in [5, 5.41) is 2.44. The average molecular weight is 307 g/mol. The fourth-order valence-corrected chi connectivity index (χ4v) is 2.35. The van der Waals surface area contributed by atoms with Crippen molar-refractivity contribution in [3.63, 3.8) is 0 Å². The molecule has 1 heterocycles. The molecule has 0 aliphatic carbocycles. The van der Waals surface area contributed by atoms with Crippen LogP contribution in [0.4, 0.5) is 23.2 Å². The number of carbonyl (C=O) groups is 1. The van der Waals surface area contributed by atoms with Crippen LogP contribution in [0.2, 0.25) is 0 Å². The Morgan fingerprint density at radius 2 is 1.77 bits per heavy atom. The summed E-state index contributed by atoms with van der Waals surface area (Å²) < 4.78 is 52.1. The Morgan fingerprint density at radius 1 is 1.05 bits per heavy atom. The number of amides is 1. The summed E-state index contributed by atoms with van der Waals surface area (Å²) in [6.45, 7) is 0. The van der Waals surface area contributed by atoms with Crippen LogP contribution in [0.3, 0.4) is 0 Å². The number of alkyl halides is 3. The molecular formula is C16H9F4NO. The van der Waals surface area contributed by atoms with Crippen LogP contribution >= 0.6 is 0 Å². The van der Waals surface area contributed by atoms with Gasteiger partial charge in [-0.2, -0.15) is 13.2 Å². The maximum atomic E-state index is 13.1. The van der Waals surface area contributed by atoms with Crippen molar-refractivity contribution >= 4 is 23.2 Å². The van der Waals surface area contributed by atoms with E-state index < -0.39 is 23.5 Å². The van der Waals surface area contributed by atoms with E-state index >= 15 is 0 Å². The largest absolute Gasteiger partial charge is 0.416 e. The SMILES string of the molecule is O=C1Nc2cc(F)ccc2/C1=C\c1ccccc1C(F)(F)F. The van der Waals surface area contributed by atoms with Crippen molar-refractivity contribution in [3.05, 3.63) is 65.0 Å². The molecule has 6 heteroatoms. The van der Waals surface area contributed by atoms with Gasteiger partial charge in [0, 0.05) is 11.1 Å². The highest BCUT2D eigenvalue weighted by Gasteiger charge is 2.33. The summed E-state index contributed by atoms with van der Waals surface area (Å²) in [5.41, 5.74) is -0.237. The van der Waals surface area contributed by atoms with Crippen LogP contribution < -0.4 is 5.32 Å². The molecule has 0 aromatic heterocycles. The molecule has 3 rings (SSSR count). The van der Waals surface area contributed by atoms with Gasteiger partial charge in [-0.05, 0) is 35.9 Å². The number of carbonyl (C=O) groups excluding carboxylic acids is 1. The molecule has 2 aromatic carbocycles. The molecular weight excluding hydrogens is 298 g/mol. The van der Waals surface area contributed by atoms with Crippen LogP contribution in [0.1, 0.15) is 16.7 Å².